The molecule has 0 radical (unpaired) electrons. The molecule has 1 aromatic carbocycles. The van der Waals surface area contributed by atoms with Gasteiger partial charge in [0.1, 0.15) is 5.01 Å². The molecule has 3 nitrogen and oxygen atoms in total. The molecule has 0 aliphatic rings. The second-order valence-corrected chi connectivity index (χ2v) is 4.84. The molecule has 2 aromatic rings. The fourth-order valence-electron chi connectivity index (χ4n) is 1.47. The predicted molar refractivity (Wildman–Crippen MR) is 67.3 cm³/mol. The van der Waals surface area contributed by atoms with E-state index in [2.05, 4.69) is 22.4 Å². The maximum atomic E-state index is 13.6. The van der Waals surface area contributed by atoms with E-state index in [1.807, 2.05) is 0 Å². The van der Waals surface area contributed by atoms with E-state index in [-0.39, 0.29) is 5.56 Å². The van der Waals surface area contributed by atoms with Crippen molar-refractivity contribution in [2.24, 2.45) is 0 Å². The van der Waals surface area contributed by atoms with Gasteiger partial charge in [0.05, 0.1) is 5.56 Å². The highest BCUT2D eigenvalue weighted by atomic mass is 32.1. The zero-order valence-electron chi connectivity index (χ0n) is 9.91. The lowest BCUT2D eigenvalue weighted by Crippen LogP contribution is -2.13. The largest absolute Gasteiger partial charge is 0.310 e. The van der Waals surface area contributed by atoms with Crippen LogP contribution in [0, 0.1) is 11.6 Å². The summed E-state index contributed by atoms with van der Waals surface area (Å²) in [4.78, 5) is 0. The highest BCUT2D eigenvalue weighted by Crippen LogP contribution is 2.27. The Labute approximate surface area is 108 Å². The van der Waals surface area contributed by atoms with Crippen LogP contribution in [0.25, 0.3) is 10.6 Å². The van der Waals surface area contributed by atoms with Crippen LogP contribution >= 0.6 is 11.3 Å². The van der Waals surface area contributed by atoms with Crippen molar-refractivity contribution in [3.8, 4) is 10.6 Å². The van der Waals surface area contributed by atoms with E-state index in [0.29, 0.717) is 11.6 Å². The maximum Gasteiger partial charge on any atom is 0.169 e. The Balaban J connectivity index is 2.16. The Hall–Kier alpha value is -1.40. The molecule has 0 atom stereocenters. The third-order valence-corrected chi connectivity index (χ3v) is 3.31. The predicted octanol–water partition coefficient (Wildman–Crippen LogP) is 2.98. The molecule has 1 heterocycles. The van der Waals surface area contributed by atoms with Gasteiger partial charge in [-0.25, -0.2) is 8.78 Å². The van der Waals surface area contributed by atoms with Crippen LogP contribution in [0.4, 0.5) is 8.78 Å². The fourth-order valence-corrected chi connectivity index (χ4v) is 2.30. The minimum absolute atomic E-state index is 0.161. The number of rotatable bonds is 5. The standard InChI is InChI=1S/C12H13F2N3S/c1-2-6-15-7-10-16-17-12(18-10)8-4-3-5-9(13)11(8)14/h3-5,15H,2,6-7H2,1H3. The van der Waals surface area contributed by atoms with E-state index in [1.165, 1.54) is 23.5 Å². The summed E-state index contributed by atoms with van der Waals surface area (Å²) in [6.07, 6.45) is 1.03. The zero-order chi connectivity index (χ0) is 13.0. The summed E-state index contributed by atoms with van der Waals surface area (Å²) >= 11 is 1.27. The van der Waals surface area contributed by atoms with Gasteiger partial charge in [0.2, 0.25) is 0 Å². The Morgan fingerprint density at radius 3 is 2.89 bits per heavy atom. The minimum Gasteiger partial charge on any atom is -0.310 e. The molecule has 2 rings (SSSR count). The topological polar surface area (TPSA) is 37.8 Å². The number of benzene rings is 1. The fraction of sp³-hybridized carbons (Fsp3) is 0.333. The van der Waals surface area contributed by atoms with Gasteiger partial charge in [-0.1, -0.05) is 24.3 Å². The van der Waals surface area contributed by atoms with E-state index in [1.54, 1.807) is 0 Å². The molecule has 0 fully saturated rings. The van der Waals surface area contributed by atoms with Crippen LogP contribution in [0.5, 0.6) is 0 Å². The van der Waals surface area contributed by atoms with Gasteiger partial charge in [-0.2, -0.15) is 0 Å². The van der Waals surface area contributed by atoms with Gasteiger partial charge in [-0.15, -0.1) is 10.2 Å². The lowest BCUT2D eigenvalue weighted by Gasteiger charge is -1.98. The second-order valence-electron chi connectivity index (χ2n) is 3.78. The molecule has 0 aliphatic carbocycles. The molecular formula is C12H13F2N3S. The van der Waals surface area contributed by atoms with Crippen molar-refractivity contribution in [2.45, 2.75) is 19.9 Å². The van der Waals surface area contributed by atoms with Crippen LogP contribution in [-0.4, -0.2) is 16.7 Å². The number of halogens is 2. The van der Waals surface area contributed by atoms with Crippen molar-refractivity contribution in [1.82, 2.24) is 15.5 Å². The summed E-state index contributed by atoms with van der Waals surface area (Å²) in [7, 11) is 0. The van der Waals surface area contributed by atoms with Gasteiger partial charge in [0, 0.05) is 6.54 Å². The summed E-state index contributed by atoms with van der Waals surface area (Å²) in [6.45, 7) is 3.56. The Morgan fingerprint density at radius 2 is 2.11 bits per heavy atom. The van der Waals surface area contributed by atoms with Gasteiger partial charge in [0.25, 0.3) is 0 Å². The number of nitrogens with one attached hydrogen (secondary N) is 1. The molecule has 0 bridgehead atoms. The molecule has 0 saturated heterocycles. The SMILES string of the molecule is CCCNCc1nnc(-c2cccc(F)c2F)s1. The van der Waals surface area contributed by atoms with Crippen molar-refractivity contribution < 1.29 is 8.78 Å². The van der Waals surface area contributed by atoms with Crippen molar-refractivity contribution >= 4 is 11.3 Å². The average Bonchev–Trinajstić information content (AvgIpc) is 2.82. The first-order chi connectivity index (χ1) is 8.72. The summed E-state index contributed by atoms with van der Waals surface area (Å²) in [5.74, 6) is -1.74. The maximum absolute atomic E-state index is 13.6. The molecule has 0 spiro atoms. The average molecular weight is 269 g/mol. The van der Waals surface area contributed by atoms with E-state index >= 15 is 0 Å². The van der Waals surface area contributed by atoms with E-state index < -0.39 is 11.6 Å². The van der Waals surface area contributed by atoms with Gasteiger partial charge in [0.15, 0.2) is 16.6 Å². The van der Waals surface area contributed by atoms with E-state index in [9.17, 15) is 8.78 Å². The summed E-state index contributed by atoms with van der Waals surface area (Å²) in [5, 5.41) is 12.2. The Kier molecular flexibility index (Phi) is 4.33. The van der Waals surface area contributed by atoms with Crippen LogP contribution in [0.15, 0.2) is 18.2 Å². The third kappa shape index (κ3) is 2.88. The number of hydrogen-bond donors (Lipinski definition) is 1. The van der Waals surface area contributed by atoms with Gasteiger partial charge in [-0.05, 0) is 25.1 Å². The number of aromatic nitrogens is 2. The van der Waals surface area contributed by atoms with Crippen molar-refractivity contribution in [1.29, 1.82) is 0 Å². The highest BCUT2D eigenvalue weighted by Gasteiger charge is 2.13. The number of hydrogen-bond acceptors (Lipinski definition) is 4. The summed E-state index contributed by atoms with van der Waals surface area (Å²) in [6, 6.07) is 4.05. The summed E-state index contributed by atoms with van der Waals surface area (Å²) < 4.78 is 26.6. The summed E-state index contributed by atoms with van der Waals surface area (Å²) in [5.41, 5.74) is 0.161. The smallest absolute Gasteiger partial charge is 0.169 e. The molecule has 1 aromatic heterocycles. The molecule has 0 unspecified atom stereocenters. The molecule has 96 valence electrons. The quantitative estimate of drug-likeness (QED) is 0.848. The monoisotopic (exact) mass is 269 g/mol. The van der Waals surface area contributed by atoms with Crippen molar-refractivity contribution in [3.05, 3.63) is 34.8 Å². The van der Waals surface area contributed by atoms with Gasteiger partial charge < -0.3 is 5.32 Å². The molecule has 18 heavy (non-hydrogen) atoms. The van der Waals surface area contributed by atoms with Crippen LogP contribution in [0.3, 0.4) is 0 Å². The van der Waals surface area contributed by atoms with E-state index in [0.717, 1.165) is 24.0 Å². The number of nitrogens with zero attached hydrogens (tertiary/aromatic N) is 2. The molecule has 0 saturated carbocycles. The molecule has 6 heteroatoms. The van der Waals surface area contributed by atoms with Crippen LogP contribution in [0.2, 0.25) is 0 Å². The van der Waals surface area contributed by atoms with Gasteiger partial charge >= 0.3 is 0 Å². The Bertz CT molecular complexity index is 528. The minimum atomic E-state index is -0.873. The molecule has 0 amide bonds. The first-order valence-corrected chi connectivity index (χ1v) is 6.51. The molecular weight excluding hydrogens is 256 g/mol. The first-order valence-electron chi connectivity index (χ1n) is 5.70. The van der Waals surface area contributed by atoms with Crippen LogP contribution in [-0.2, 0) is 6.54 Å². The molecule has 0 aliphatic heterocycles. The normalized spacial score (nSPS) is 10.8. The van der Waals surface area contributed by atoms with Crippen molar-refractivity contribution in [3.63, 3.8) is 0 Å². The van der Waals surface area contributed by atoms with Crippen molar-refractivity contribution in [2.75, 3.05) is 6.54 Å². The van der Waals surface area contributed by atoms with Crippen LogP contribution < -0.4 is 5.32 Å². The highest BCUT2D eigenvalue weighted by molar-refractivity contribution is 7.14. The second kappa shape index (κ2) is 5.97. The van der Waals surface area contributed by atoms with Crippen LogP contribution in [0.1, 0.15) is 18.4 Å². The van der Waals surface area contributed by atoms with Gasteiger partial charge in [-0.3, -0.25) is 0 Å². The zero-order valence-corrected chi connectivity index (χ0v) is 10.7. The van der Waals surface area contributed by atoms with E-state index in [4.69, 9.17) is 0 Å². The lowest BCUT2D eigenvalue weighted by molar-refractivity contribution is 0.511. The molecule has 1 N–H and O–H groups in total. The lowest BCUT2D eigenvalue weighted by atomic mass is 10.2. The Morgan fingerprint density at radius 1 is 1.28 bits per heavy atom. The third-order valence-electron chi connectivity index (χ3n) is 2.35. The first kappa shape index (κ1) is 13.0.